The number of nitriles is 1. The van der Waals surface area contributed by atoms with Crippen molar-refractivity contribution in [1.82, 2.24) is 9.88 Å². The Balaban J connectivity index is 1.65. The first-order valence-corrected chi connectivity index (χ1v) is 8.30. The van der Waals surface area contributed by atoms with Gasteiger partial charge in [-0.3, -0.25) is 4.90 Å². The van der Waals surface area contributed by atoms with Gasteiger partial charge in [0, 0.05) is 19.6 Å². The van der Waals surface area contributed by atoms with Crippen molar-refractivity contribution in [2.75, 3.05) is 25.4 Å². The average Bonchev–Trinajstić information content (AvgIpc) is 2.96. The summed E-state index contributed by atoms with van der Waals surface area (Å²) in [5.41, 5.74) is 8.64. The molecule has 3 rings (SSSR count). The van der Waals surface area contributed by atoms with Gasteiger partial charge in [-0.05, 0) is 36.1 Å². The average molecular weight is 328 g/mol. The molecule has 2 heterocycles. The molecule has 0 fully saturated rings. The summed E-state index contributed by atoms with van der Waals surface area (Å²) >= 11 is 1.23. The number of aromatic nitrogens is 1. The molecule has 0 saturated carbocycles. The quantitative estimate of drug-likeness (QED) is 0.937. The maximum atomic E-state index is 12.9. The van der Waals surface area contributed by atoms with Crippen LogP contribution in [0.2, 0.25) is 0 Å². The van der Waals surface area contributed by atoms with Crippen LogP contribution in [0.15, 0.2) is 30.3 Å². The fourth-order valence-corrected chi connectivity index (χ4v) is 3.40. The number of nitrogen functional groups attached to an aromatic ring is 1. The Hall–Kier alpha value is -2.23. The van der Waals surface area contributed by atoms with E-state index in [0.717, 1.165) is 49.3 Å². The number of thiazole rings is 1. The van der Waals surface area contributed by atoms with Crippen molar-refractivity contribution in [3.8, 4) is 6.07 Å². The lowest BCUT2D eigenvalue weighted by molar-refractivity contribution is 0.308. The molecule has 0 amide bonds. The zero-order valence-electron chi connectivity index (χ0n) is 12.6. The first-order valence-electron chi connectivity index (χ1n) is 7.48. The molecule has 118 valence electrons. The Labute approximate surface area is 138 Å². The lowest BCUT2D eigenvalue weighted by atomic mass is 10.0. The van der Waals surface area contributed by atoms with Gasteiger partial charge in [-0.25, -0.2) is 9.37 Å². The molecule has 0 atom stereocenters. The summed E-state index contributed by atoms with van der Waals surface area (Å²) in [4.78, 5) is 7.21. The summed E-state index contributed by atoms with van der Waals surface area (Å²) in [7, 11) is 0. The predicted molar refractivity (Wildman–Crippen MR) is 90.4 cm³/mol. The molecule has 23 heavy (non-hydrogen) atoms. The summed E-state index contributed by atoms with van der Waals surface area (Å²) in [6.45, 7) is 2.63. The van der Waals surface area contributed by atoms with E-state index < -0.39 is 0 Å². The molecule has 1 aromatic heterocycles. The summed E-state index contributed by atoms with van der Waals surface area (Å²) in [6.07, 6.45) is 3.95. The molecule has 0 radical (unpaired) electrons. The number of rotatable bonds is 4. The monoisotopic (exact) mass is 328 g/mol. The van der Waals surface area contributed by atoms with Gasteiger partial charge in [-0.15, -0.1) is 0 Å². The summed E-state index contributed by atoms with van der Waals surface area (Å²) in [5.74, 6) is -0.206. The largest absolute Gasteiger partial charge is 0.375 e. The van der Waals surface area contributed by atoms with Crippen LogP contribution in [0, 0.1) is 17.1 Å². The topological polar surface area (TPSA) is 65.9 Å². The first kappa shape index (κ1) is 15.7. The Morgan fingerprint density at radius 3 is 2.87 bits per heavy atom. The van der Waals surface area contributed by atoms with Gasteiger partial charge < -0.3 is 5.73 Å². The summed E-state index contributed by atoms with van der Waals surface area (Å²) in [6, 6.07) is 8.81. The molecule has 1 aromatic carbocycles. The molecular weight excluding hydrogens is 311 g/mol. The fourth-order valence-electron chi connectivity index (χ4n) is 2.74. The molecule has 1 aliphatic rings. The molecule has 0 unspecified atom stereocenters. The summed E-state index contributed by atoms with van der Waals surface area (Å²) < 4.78 is 12.9. The van der Waals surface area contributed by atoms with Crippen LogP contribution in [0.3, 0.4) is 0 Å². The Morgan fingerprint density at radius 2 is 2.13 bits per heavy atom. The van der Waals surface area contributed by atoms with Crippen molar-refractivity contribution < 1.29 is 4.39 Å². The van der Waals surface area contributed by atoms with Crippen LogP contribution < -0.4 is 5.73 Å². The molecule has 0 spiro atoms. The van der Waals surface area contributed by atoms with E-state index in [2.05, 4.69) is 22.0 Å². The minimum absolute atomic E-state index is 0.206. The van der Waals surface area contributed by atoms with Crippen LogP contribution in [-0.4, -0.2) is 29.5 Å². The van der Waals surface area contributed by atoms with Gasteiger partial charge in [0.1, 0.15) is 16.8 Å². The van der Waals surface area contributed by atoms with Gasteiger partial charge in [0.15, 0.2) is 5.13 Å². The van der Waals surface area contributed by atoms with E-state index in [1.807, 2.05) is 12.1 Å². The number of anilines is 1. The Bertz CT molecular complexity index is 758. The van der Waals surface area contributed by atoms with Crippen LogP contribution in [-0.2, 0) is 6.42 Å². The highest BCUT2D eigenvalue weighted by Crippen LogP contribution is 2.28. The maximum absolute atomic E-state index is 12.9. The van der Waals surface area contributed by atoms with E-state index >= 15 is 0 Å². The van der Waals surface area contributed by atoms with Gasteiger partial charge in [0.05, 0.1) is 5.69 Å². The molecule has 2 N–H and O–H groups in total. The van der Waals surface area contributed by atoms with E-state index in [4.69, 9.17) is 5.73 Å². The van der Waals surface area contributed by atoms with Gasteiger partial charge in [-0.2, -0.15) is 5.26 Å². The Kier molecular flexibility index (Phi) is 4.70. The van der Waals surface area contributed by atoms with Crippen molar-refractivity contribution in [2.24, 2.45) is 0 Å². The van der Waals surface area contributed by atoms with Crippen molar-refractivity contribution >= 4 is 22.0 Å². The van der Waals surface area contributed by atoms with E-state index in [1.54, 1.807) is 0 Å². The molecule has 2 aromatic rings. The van der Waals surface area contributed by atoms with Gasteiger partial charge >= 0.3 is 0 Å². The molecule has 0 saturated heterocycles. The van der Waals surface area contributed by atoms with Crippen LogP contribution in [0.25, 0.3) is 5.57 Å². The fraction of sp³-hybridized carbons (Fsp3) is 0.294. The van der Waals surface area contributed by atoms with Crippen LogP contribution >= 0.6 is 11.3 Å². The standard InChI is InChI=1S/C17H17FN4S/c18-14-5-3-12(4-6-14)7-9-22-8-1-2-13(11-22)16-15(10-19)23-17(20)21-16/h2-6H,1,7-9,11H2,(H2,20,21). The molecule has 4 nitrogen and oxygen atoms in total. The summed E-state index contributed by atoms with van der Waals surface area (Å²) in [5, 5.41) is 9.63. The zero-order valence-corrected chi connectivity index (χ0v) is 13.4. The third-order valence-corrected chi connectivity index (χ3v) is 4.70. The normalized spacial score (nSPS) is 15.2. The van der Waals surface area contributed by atoms with Crippen LogP contribution in [0.1, 0.15) is 22.6 Å². The van der Waals surface area contributed by atoms with Crippen molar-refractivity contribution in [3.63, 3.8) is 0 Å². The number of nitrogens with two attached hydrogens (primary N) is 1. The van der Waals surface area contributed by atoms with E-state index in [0.29, 0.717) is 10.0 Å². The highest BCUT2D eigenvalue weighted by molar-refractivity contribution is 7.16. The van der Waals surface area contributed by atoms with Crippen LogP contribution in [0.5, 0.6) is 0 Å². The number of benzene rings is 1. The highest BCUT2D eigenvalue weighted by Gasteiger charge is 2.19. The van der Waals surface area contributed by atoms with Gasteiger partial charge in [-0.1, -0.05) is 29.5 Å². The van der Waals surface area contributed by atoms with Crippen molar-refractivity contribution in [1.29, 1.82) is 5.26 Å². The predicted octanol–water partition coefficient (Wildman–Crippen LogP) is 3.07. The third kappa shape index (κ3) is 3.76. The van der Waals surface area contributed by atoms with E-state index in [1.165, 1.54) is 23.5 Å². The number of halogens is 1. The second-order valence-electron chi connectivity index (χ2n) is 5.51. The Morgan fingerprint density at radius 1 is 1.35 bits per heavy atom. The van der Waals surface area contributed by atoms with Crippen molar-refractivity contribution in [3.05, 3.63) is 52.3 Å². The second-order valence-corrected chi connectivity index (χ2v) is 6.54. The molecular formula is C17H17FN4S. The zero-order chi connectivity index (χ0) is 16.2. The van der Waals surface area contributed by atoms with E-state index in [-0.39, 0.29) is 5.82 Å². The minimum atomic E-state index is -0.206. The van der Waals surface area contributed by atoms with E-state index in [9.17, 15) is 9.65 Å². The lowest BCUT2D eigenvalue weighted by Gasteiger charge is -2.26. The highest BCUT2D eigenvalue weighted by atomic mass is 32.1. The smallest absolute Gasteiger partial charge is 0.181 e. The third-order valence-electron chi connectivity index (χ3n) is 3.91. The molecule has 0 aliphatic carbocycles. The number of hydrogen-bond acceptors (Lipinski definition) is 5. The number of hydrogen-bond donors (Lipinski definition) is 1. The van der Waals surface area contributed by atoms with Crippen LogP contribution in [0.4, 0.5) is 9.52 Å². The lowest BCUT2D eigenvalue weighted by Crippen LogP contribution is -2.31. The maximum Gasteiger partial charge on any atom is 0.181 e. The van der Waals surface area contributed by atoms with Crippen molar-refractivity contribution in [2.45, 2.75) is 12.8 Å². The second kappa shape index (κ2) is 6.90. The molecule has 0 bridgehead atoms. The molecule has 1 aliphatic heterocycles. The van der Waals surface area contributed by atoms with Gasteiger partial charge in [0.25, 0.3) is 0 Å². The first-order chi connectivity index (χ1) is 11.2. The van der Waals surface area contributed by atoms with Gasteiger partial charge in [0.2, 0.25) is 0 Å². The SMILES string of the molecule is N#Cc1sc(N)nc1C1=CCCN(CCc2ccc(F)cc2)C1. The number of nitrogens with zero attached hydrogens (tertiary/aromatic N) is 3. The minimum Gasteiger partial charge on any atom is -0.375 e. The molecule has 6 heteroatoms.